The van der Waals surface area contributed by atoms with Gasteiger partial charge in [-0.15, -0.1) is 0 Å². The molecule has 0 amide bonds. The molecule has 1 fully saturated rings. The molecule has 0 aromatic heterocycles. The maximum Gasteiger partial charge on any atom is 0.307 e. The quantitative estimate of drug-likeness (QED) is 0.704. The average molecular weight is 215 g/mol. The molecule has 0 radical (unpaired) electrons. The number of esters is 1. The lowest BCUT2D eigenvalue weighted by Crippen LogP contribution is -2.37. The predicted octanol–water partition coefficient (Wildman–Crippen LogP) is 0.785. The van der Waals surface area contributed by atoms with Gasteiger partial charge in [-0.2, -0.15) is 0 Å². The Kier molecular flexibility index (Phi) is 5.05. The Bertz CT molecular complexity index is 198. The number of carbonyl (C=O) groups excluding carboxylic acids is 1. The molecule has 88 valence electrons. The minimum atomic E-state index is -0.149. The van der Waals surface area contributed by atoms with Crippen LogP contribution in [0.25, 0.3) is 0 Å². The van der Waals surface area contributed by atoms with Crippen LogP contribution in [0.15, 0.2) is 0 Å². The number of ether oxygens (including phenoxy) is 1. The van der Waals surface area contributed by atoms with Gasteiger partial charge in [-0.05, 0) is 26.7 Å². The van der Waals surface area contributed by atoms with Gasteiger partial charge in [-0.25, -0.2) is 0 Å². The third-order valence-corrected chi connectivity index (χ3v) is 2.56. The molecule has 0 aromatic rings. The summed E-state index contributed by atoms with van der Waals surface area (Å²) in [6, 6.07) is 0. The topological polar surface area (TPSA) is 49.8 Å². The first-order valence-corrected chi connectivity index (χ1v) is 5.68. The van der Waals surface area contributed by atoms with E-state index in [1.54, 1.807) is 0 Å². The summed E-state index contributed by atoms with van der Waals surface area (Å²) in [5.74, 6) is -0.129. The fourth-order valence-corrected chi connectivity index (χ4v) is 1.71. The average Bonchev–Trinajstić information content (AvgIpc) is 2.16. The number of aliphatic hydroxyl groups excluding tert-OH is 1. The van der Waals surface area contributed by atoms with Crippen LogP contribution in [0.2, 0.25) is 0 Å². The number of likely N-dealkylation sites (tertiary alicyclic amines) is 1. The maximum atomic E-state index is 11.3. The Hall–Kier alpha value is -0.610. The highest BCUT2D eigenvalue weighted by molar-refractivity contribution is 5.69. The van der Waals surface area contributed by atoms with Crippen LogP contribution in [0.3, 0.4) is 0 Å². The van der Waals surface area contributed by atoms with Gasteiger partial charge in [0, 0.05) is 19.6 Å². The second kappa shape index (κ2) is 6.08. The summed E-state index contributed by atoms with van der Waals surface area (Å²) in [6.07, 6.45) is 1.91. The molecule has 0 aromatic carbocycles. The molecule has 0 bridgehead atoms. The van der Waals surface area contributed by atoms with Crippen molar-refractivity contribution < 1.29 is 14.6 Å². The Balaban J connectivity index is 2.12. The fourth-order valence-electron chi connectivity index (χ4n) is 1.71. The minimum absolute atomic E-state index is 0.0271. The van der Waals surface area contributed by atoms with E-state index in [9.17, 15) is 9.90 Å². The van der Waals surface area contributed by atoms with E-state index in [1.807, 2.05) is 13.8 Å². The van der Waals surface area contributed by atoms with E-state index in [0.717, 1.165) is 32.5 Å². The summed E-state index contributed by atoms with van der Waals surface area (Å²) < 4.78 is 5.05. The van der Waals surface area contributed by atoms with Crippen LogP contribution in [0.4, 0.5) is 0 Å². The third-order valence-electron chi connectivity index (χ3n) is 2.56. The van der Waals surface area contributed by atoms with E-state index in [-0.39, 0.29) is 18.2 Å². The van der Waals surface area contributed by atoms with Gasteiger partial charge in [0.15, 0.2) is 0 Å². The van der Waals surface area contributed by atoms with Crippen molar-refractivity contribution in [1.29, 1.82) is 0 Å². The highest BCUT2D eigenvalue weighted by Crippen LogP contribution is 2.10. The highest BCUT2D eigenvalue weighted by atomic mass is 16.5. The second-order valence-corrected chi connectivity index (χ2v) is 4.36. The van der Waals surface area contributed by atoms with Crippen LogP contribution in [0, 0.1) is 0 Å². The first-order chi connectivity index (χ1) is 7.08. The van der Waals surface area contributed by atoms with Gasteiger partial charge in [-0.1, -0.05) is 0 Å². The SMILES string of the molecule is CC(C)OC(=O)CCN1CCC(O)CC1. The molecule has 0 spiro atoms. The number of carbonyl (C=O) groups is 1. The number of rotatable bonds is 4. The minimum Gasteiger partial charge on any atom is -0.463 e. The first-order valence-electron chi connectivity index (χ1n) is 5.68. The van der Waals surface area contributed by atoms with Gasteiger partial charge in [0.1, 0.15) is 0 Å². The highest BCUT2D eigenvalue weighted by Gasteiger charge is 2.17. The predicted molar refractivity (Wildman–Crippen MR) is 57.5 cm³/mol. The molecule has 1 aliphatic heterocycles. The largest absolute Gasteiger partial charge is 0.463 e. The van der Waals surface area contributed by atoms with Crippen LogP contribution < -0.4 is 0 Å². The van der Waals surface area contributed by atoms with Crippen molar-refractivity contribution in [2.24, 2.45) is 0 Å². The number of nitrogens with zero attached hydrogens (tertiary/aromatic N) is 1. The fraction of sp³-hybridized carbons (Fsp3) is 0.909. The van der Waals surface area contributed by atoms with Crippen molar-refractivity contribution in [1.82, 2.24) is 4.90 Å². The lowest BCUT2D eigenvalue weighted by molar-refractivity contribution is -0.147. The summed E-state index contributed by atoms with van der Waals surface area (Å²) in [4.78, 5) is 13.5. The van der Waals surface area contributed by atoms with Gasteiger partial charge < -0.3 is 14.7 Å². The normalized spacial score (nSPS) is 19.5. The summed E-state index contributed by atoms with van der Waals surface area (Å²) in [5.41, 5.74) is 0. The van der Waals surface area contributed by atoms with E-state index < -0.39 is 0 Å². The molecule has 0 atom stereocenters. The molecule has 0 unspecified atom stereocenters. The molecule has 1 heterocycles. The number of hydrogen-bond acceptors (Lipinski definition) is 4. The number of hydrogen-bond donors (Lipinski definition) is 1. The molecule has 1 aliphatic rings. The Morgan fingerprint density at radius 3 is 2.60 bits per heavy atom. The molecular formula is C11H21NO3. The van der Waals surface area contributed by atoms with E-state index in [0.29, 0.717) is 6.42 Å². The first kappa shape index (κ1) is 12.5. The Morgan fingerprint density at radius 2 is 2.07 bits per heavy atom. The smallest absolute Gasteiger partial charge is 0.307 e. The molecule has 4 heteroatoms. The monoisotopic (exact) mass is 215 g/mol. The van der Waals surface area contributed by atoms with Crippen molar-refractivity contribution in [2.75, 3.05) is 19.6 Å². The van der Waals surface area contributed by atoms with Crippen molar-refractivity contribution in [3.8, 4) is 0 Å². The standard InChI is InChI=1S/C11H21NO3/c1-9(2)15-11(14)5-8-12-6-3-10(13)4-7-12/h9-10,13H,3-8H2,1-2H3. The zero-order chi connectivity index (χ0) is 11.3. The lowest BCUT2D eigenvalue weighted by atomic mass is 10.1. The summed E-state index contributed by atoms with van der Waals surface area (Å²) in [6.45, 7) is 6.23. The van der Waals surface area contributed by atoms with Crippen LogP contribution in [0.5, 0.6) is 0 Å². The van der Waals surface area contributed by atoms with Crippen LogP contribution in [-0.2, 0) is 9.53 Å². The van der Waals surface area contributed by atoms with E-state index in [4.69, 9.17) is 4.74 Å². The summed E-state index contributed by atoms with van der Waals surface area (Å²) in [5, 5.41) is 9.31. The summed E-state index contributed by atoms with van der Waals surface area (Å²) in [7, 11) is 0. The van der Waals surface area contributed by atoms with Gasteiger partial charge in [0.2, 0.25) is 0 Å². The molecule has 1 N–H and O–H groups in total. The maximum absolute atomic E-state index is 11.3. The van der Waals surface area contributed by atoms with Crippen molar-refractivity contribution in [3.05, 3.63) is 0 Å². The van der Waals surface area contributed by atoms with Gasteiger partial charge >= 0.3 is 5.97 Å². The molecule has 15 heavy (non-hydrogen) atoms. The van der Waals surface area contributed by atoms with Gasteiger partial charge in [-0.3, -0.25) is 4.79 Å². The van der Waals surface area contributed by atoms with E-state index in [2.05, 4.69) is 4.90 Å². The van der Waals surface area contributed by atoms with Crippen LogP contribution in [0.1, 0.15) is 33.1 Å². The van der Waals surface area contributed by atoms with E-state index >= 15 is 0 Å². The van der Waals surface area contributed by atoms with Crippen molar-refractivity contribution in [3.63, 3.8) is 0 Å². The van der Waals surface area contributed by atoms with Gasteiger partial charge in [0.05, 0.1) is 18.6 Å². The Morgan fingerprint density at radius 1 is 1.47 bits per heavy atom. The Labute approximate surface area is 91.2 Å². The van der Waals surface area contributed by atoms with Gasteiger partial charge in [0.25, 0.3) is 0 Å². The molecular weight excluding hydrogens is 194 g/mol. The van der Waals surface area contributed by atoms with Crippen LogP contribution >= 0.6 is 0 Å². The number of aliphatic hydroxyl groups is 1. The zero-order valence-corrected chi connectivity index (χ0v) is 9.61. The third kappa shape index (κ3) is 5.14. The zero-order valence-electron chi connectivity index (χ0n) is 9.61. The lowest BCUT2D eigenvalue weighted by Gasteiger charge is -2.29. The molecule has 1 rings (SSSR count). The molecule has 1 saturated heterocycles. The molecule has 0 saturated carbocycles. The van der Waals surface area contributed by atoms with Crippen LogP contribution in [-0.4, -0.2) is 47.8 Å². The van der Waals surface area contributed by atoms with Crippen molar-refractivity contribution in [2.45, 2.75) is 45.3 Å². The molecule has 0 aliphatic carbocycles. The second-order valence-electron chi connectivity index (χ2n) is 4.36. The number of piperidine rings is 1. The van der Waals surface area contributed by atoms with Crippen molar-refractivity contribution >= 4 is 5.97 Å². The van der Waals surface area contributed by atoms with E-state index in [1.165, 1.54) is 0 Å². The molecule has 4 nitrogen and oxygen atoms in total. The summed E-state index contributed by atoms with van der Waals surface area (Å²) >= 11 is 0.